The zero-order valence-electron chi connectivity index (χ0n) is 10.6. The predicted octanol–water partition coefficient (Wildman–Crippen LogP) is 1.53. The van der Waals surface area contributed by atoms with E-state index in [9.17, 15) is 9.90 Å². The smallest absolute Gasteiger partial charge is 0.254 e. The molecule has 1 saturated heterocycles. The number of ether oxygens (including phenoxy) is 1. The molecule has 2 rings (SSSR count). The van der Waals surface area contributed by atoms with Gasteiger partial charge in [0.15, 0.2) is 0 Å². The molecule has 4 nitrogen and oxygen atoms in total. The van der Waals surface area contributed by atoms with Crippen molar-refractivity contribution in [2.24, 2.45) is 0 Å². The van der Waals surface area contributed by atoms with Crippen LogP contribution in [0.25, 0.3) is 0 Å². The Kier molecular flexibility index (Phi) is 4.74. The van der Waals surface area contributed by atoms with Gasteiger partial charge in [0.2, 0.25) is 0 Å². The average molecular weight is 269 g/mol. The van der Waals surface area contributed by atoms with E-state index >= 15 is 0 Å². The lowest BCUT2D eigenvalue weighted by atomic mass is 10.2. The van der Waals surface area contributed by atoms with Crippen LogP contribution in [0.15, 0.2) is 11.4 Å². The van der Waals surface area contributed by atoms with Gasteiger partial charge in [-0.1, -0.05) is 13.3 Å². The third-order valence-corrected chi connectivity index (χ3v) is 3.93. The molecule has 18 heavy (non-hydrogen) atoms. The van der Waals surface area contributed by atoms with Crippen molar-refractivity contribution in [2.45, 2.75) is 25.9 Å². The van der Waals surface area contributed by atoms with Crippen LogP contribution in [0.5, 0.6) is 0 Å². The van der Waals surface area contributed by atoms with Gasteiger partial charge in [-0.2, -0.15) is 0 Å². The number of carbonyl (C=O) groups excluding carboxylic acids is 1. The first-order valence-corrected chi connectivity index (χ1v) is 7.21. The van der Waals surface area contributed by atoms with E-state index < -0.39 is 6.10 Å². The average Bonchev–Trinajstić information content (AvgIpc) is 2.70. The molecule has 0 aliphatic carbocycles. The number of aryl methyl sites for hydroxylation is 1. The Morgan fingerprint density at radius 3 is 3.28 bits per heavy atom. The molecule has 1 atom stereocenters. The number of β-amino-alcohol motifs (C(OH)–C–C–N with tert-alkyl or cyclic N) is 1. The SMILES string of the molecule is CCCc1cc(C(=O)N2CCOC[C@H](O)C2)cs1. The molecule has 0 radical (unpaired) electrons. The zero-order chi connectivity index (χ0) is 13.0. The van der Waals surface area contributed by atoms with E-state index in [0.29, 0.717) is 26.3 Å². The van der Waals surface area contributed by atoms with Crippen LogP contribution in [0.3, 0.4) is 0 Å². The highest BCUT2D eigenvalue weighted by Crippen LogP contribution is 2.18. The fourth-order valence-corrected chi connectivity index (χ4v) is 2.99. The minimum Gasteiger partial charge on any atom is -0.389 e. The molecule has 2 heterocycles. The second kappa shape index (κ2) is 6.31. The summed E-state index contributed by atoms with van der Waals surface area (Å²) < 4.78 is 5.23. The first-order valence-electron chi connectivity index (χ1n) is 6.33. The van der Waals surface area contributed by atoms with E-state index in [1.165, 1.54) is 4.88 Å². The van der Waals surface area contributed by atoms with Crippen molar-refractivity contribution >= 4 is 17.2 Å². The molecule has 1 aromatic rings. The summed E-state index contributed by atoms with van der Waals surface area (Å²) in [5, 5.41) is 11.5. The lowest BCUT2D eigenvalue weighted by Crippen LogP contribution is -2.37. The van der Waals surface area contributed by atoms with Crippen LogP contribution in [0.2, 0.25) is 0 Å². The summed E-state index contributed by atoms with van der Waals surface area (Å²) in [6.07, 6.45) is 1.53. The largest absolute Gasteiger partial charge is 0.389 e. The molecule has 1 amide bonds. The molecule has 1 N–H and O–H groups in total. The molecule has 1 aliphatic heterocycles. The summed E-state index contributed by atoms with van der Waals surface area (Å²) in [5.74, 6) is -0.00171. The third kappa shape index (κ3) is 3.31. The summed E-state index contributed by atoms with van der Waals surface area (Å²) in [7, 11) is 0. The van der Waals surface area contributed by atoms with E-state index in [-0.39, 0.29) is 5.91 Å². The van der Waals surface area contributed by atoms with Crippen LogP contribution in [0, 0.1) is 0 Å². The first-order chi connectivity index (χ1) is 8.70. The number of thiophene rings is 1. The number of hydrogen-bond acceptors (Lipinski definition) is 4. The molecule has 0 bridgehead atoms. The van der Waals surface area contributed by atoms with E-state index in [1.807, 2.05) is 11.4 Å². The van der Waals surface area contributed by atoms with Gasteiger partial charge in [0.1, 0.15) is 0 Å². The Morgan fingerprint density at radius 2 is 2.50 bits per heavy atom. The quantitative estimate of drug-likeness (QED) is 0.905. The molecular formula is C13H19NO3S. The highest BCUT2D eigenvalue weighted by Gasteiger charge is 2.22. The van der Waals surface area contributed by atoms with Crippen molar-refractivity contribution in [3.05, 3.63) is 21.9 Å². The number of aliphatic hydroxyl groups excluding tert-OH is 1. The summed E-state index contributed by atoms with van der Waals surface area (Å²) in [4.78, 5) is 15.2. The fraction of sp³-hybridized carbons (Fsp3) is 0.615. The van der Waals surface area contributed by atoms with Crippen LogP contribution in [-0.4, -0.2) is 48.3 Å². The van der Waals surface area contributed by atoms with Gasteiger partial charge in [0.05, 0.1) is 24.9 Å². The number of hydrogen-bond donors (Lipinski definition) is 1. The minimum absolute atomic E-state index is 0.00171. The topological polar surface area (TPSA) is 49.8 Å². The Morgan fingerprint density at radius 1 is 1.67 bits per heavy atom. The van der Waals surface area contributed by atoms with Gasteiger partial charge in [-0.15, -0.1) is 11.3 Å². The van der Waals surface area contributed by atoms with Gasteiger partial charge in [-0.3, -0.25) is 4.79 Å². The lowest BCUT2D eigenvalue weighted by Gasteiger charge is -2.20. The van der Waals surface area contributed by atoms with Crippen molar-refractivity contribution in [1.29, 1.82) is 0 Å². The maximum atomic E-state index is 12.3. The maximum Gasteiger partial charge on any atom is 0.254 e. The molecule has 1 aromatic heterocycles. The van der Waals surface area contributed by atoms with Gasteiger partial charge in [-0.05, 0) is 12.5 Å². The van der Waals surface area contributed by atoms with Crippen molar-refractivity contribution in [3.8, 4) is 0 Å². The maximum absolute atomic E-state index is 12.3. The van der Waals surface area contributed by atoms with E-state index in [2.05, 4.69) is 6.92 Å². The lowest BCUT2D eigenvalue weighted by molar-refractivity contribution is 0.0534. The number of rotatable bonds is 3. The van der Waals surface area contributed by atoms with Crippen LogP contribution in [0.1, 0.15) is 28.6 Å². The summed E-state index contributed by atoms with van der Waals surface area (Å²) in [6.45, 7) is 3.85. The summed E-state index contributed by atoms with van der Waals surface area (Å²) >= 11 is 1.63. The van der Waals surface area contributed by atoms with Gasteiger partial charge in [0, 0.05) is 23.3 Å². The highest BCUT2D eigenvalue weighted by atomic mass is 32.1. The minimum atomic E-state index is -0.579. The van der Waals surface area contributed by atoms with Crippen LogP contribution in [-0.2, 0) is 11.2 Å². The molecule has 1 aliphatic rings. The number of aliphatic hydroxyl groups is 1. The fourth-order valence-electron chi connectivity index (χ4n) is 2.03. The highest BCUT2D eigenvalue weighted by molar-refractivity contribution is 7.10. The predicted molar refractivity (Wildman–Crippen MR) is 71.0 cm³/mol. The Bertz CT molecular complexity index is 405. The standard InChI is InChI=1S/C13H19NO3S/c1-2-3-12-6-10(9-18-12)13(16)14-4-5-17-8-11(15)7-14/h6,9,11,15H,2-5,7-8H2,1H3/t11-/m1/s1. The zero-order valence-corrected chi connectivity index (χ0v) is 11.4. The van der Waals surface area contributed by atoms with E-state index in [4.69, 9.17) is 4.74 Å². The Labute approximate surface area is 111 Å². The van der Waals surface area contributed by atoms with Crippen molar-refractivity contribution < 1.29 is 14.6 Å². The van der Waals surface area contributed by atoms with Crippen LogP contribution < -0.4 is 0 Å². The van der Waals surface area contributed by atoms with Crippen LogP contribution in [0.4, 0.5) is 0 Å². The molecule has 5 heteroatoms. The summed E-state index contributed by atoms with van der Waals surface area (Å²) in [5.41, 5.74) is 0.734. The third-order valence-electron chi connectivity index (χ3n) is 2.93. The van der Waals surface area contributed by atoms with E-state index in [0.717, 1.165) is 18.4 Å². The van der Waals surface area contributed by atoms with Gasteiger partial charge in [-0.25, -0.2) is 0 Å². The van der Waals surface area contributed by atoms with E-state index in [1.54, 1.807) is 16.2 Å². The second-order valence-electron chi connectivity index (χ2n) is 4.53. The Balaban J connectivity index is 2.04. The Hall–Kier alpha value is -0.910. The molecular weight excluding hydrogens is 250 g/mol. The molecule has 0 unspecified atom stereocenters. The summed E-state index contributed by atoms with van der Waals surface area (Å²) in [6, 6.07) is 1.97. The molecule has 0 aromatic carbocycles. The monoisotopic (exact) mass is 269 g/mol. The molecule has 0 spiro atoms. The number of carbonyl (C=O) groups is 1. The van der Waals surface area contributed by atoms with Gasteiger partial charge in [0.25, 0.3) is 5.91 Å². The van der Waals surface area contributed by atoms with Crippen molar-refractivity contribution in [3.63, 3.8) is 0 Å². The molecule has 0 saturated carbocycles. The van der Waals surface area contributed by atoms with Gasteiger partial charge >= 0.3 is 0 Å². The first kappa shape index (κ1) is 13.5. The molecule has 100 valence electrons. The number of nitrogens with zero attached hydrogens (tertiary/aromatic N) is 1. The molecule has 1 fully saturated rings. The van der Waals surface area contributed by atoms with Gasteiger partial charge < -0.3 is 14.7 Å². The van der Waals surface area contributed by atoms with Crippen molar-refractivity contribution in [2.75, 3.05) is 26.3 Å². The normalized spacial score (nSPS) is 20.8. The van der Waals surface area contributed by atoms with Crippen LogP contribution >= 0.6 is 11.3 Å². The van der Waals surface area contributed by atoms with Crippen molar-refractivity contribution in [1.82, 2.24) is 4.90 Å². The number of amides is 1. The second-order valence-corrected chi connectivity index (χ2v) is 5.53.